The Kier molecular flexibility index (Phi) is 4.42. The Morgan fingerprint density at radius 2 is 2.20 bits per heavy atom. The summed E-state index contributed by atoms with van der Waals surface area (Å²) >= 11 is 0. The van der Waals surface area contributed by atoms with Gasteiger partial charge in [0.05, 0.1) is 0 Å². The van der Waals surface area contributed by atoms with Gasteiger partial charge in [0.15, 0.2) is 0 Å². The zero-order valence-corrected chi connectivity index (χ0v) is 12.4. The van der Waals surface area contributed by atoms with Crippen LogP contribution in [0.25, 0.3) is 11.0 Å². The molecule has 0 spiro atoms. The molecule has 0 fully saturated rings. The average molecular weight is 296 g/mol. The van der Waals surface area contributed by atoms with E-state index in [1.165, 1.54) is 6.20 Å². The molecule has 6 nitrogen and oxygen atoms in total. The van der Waals surface area contributed by atoms with E-state index >= 15 is 0 Å². The third-order valence-electron chi connectivity index (χ3n) is 3.06. The molecule has 0 aromatic carbocycles. The third kappa shape index (κ3) is 3.17. The van der Waals surface area contributed by atoms with Crippen molar-refractivity contribution in [1.29, 1.82) is 0 Å². The number of nitrogens with one attached hydrogen (secondary N) is 2. The van der Waals surface area contributed by atoms with Crippen LogP contribution in [-0.4, -0.2) is 31.0 Å². The van der Waals surface area contributed by atoms with E-state index in [-0.39, 0.29) is 17.5 Å². The van der Waals surface area contributed by atoms with Gasteiger partial charge in [-0.15, -0.1) is 0 Å². The summed E-state index contributed by atoms with van der Waals surface area (Å²) in [6.45, 7) is 4.34. The molecule has 0 saturated heterocycles. The number of hydrogen-bond donors (Lipinski definition) is 3. The normalized spacial score (nSPS) is 14.0. The number of fused-ring (bicyclic) bond motifs is 1. The van der Waals surface area contributed by atoms with Crippen molar-refractivity contribution >= 4 is 21.1 Å². The van der Waals surface area contributed by atoms with E-state index in [4.69, 9.17) is 5.73 Å². The lowest BCUT2D eigenvalue weighted by molar-refractivity contribution is 0.465. The van der Waals surface area contributed by atoms with Gasteiger partial charge in [0, 0.05) is 30.4 Å². The Hall–Kier alpha value is -1.44. The molecule has 4 N–H and O–H groups in total. The van der Waals surface area contributed by atoms with Gasteiger partial charge in [0.1, 0.15) is 10.5 Å². The van der Waals surface area contributed by atoms with E-state index in [1.807, 2.05) is 13.8 Å². The highest BCUT2D eigenvalue weighted by atomic mass is 32.2. The Balaban J connectivity index is 2.30. The predicted octanol–water partition coefficient (Wildman–Crippen LogP) is 1.21. The zero-order valence-electron chi connectivity index (χ0n) is 11.6. The maximum Gasteiger partial charge on any atom is 0.243 e. The lowest BCUT2D eigenvalue weighted by Gasteiger charge is -2.18. The number of pyridine rings is 1. The second kappa shape index (κ2) is 5.90. The predicted molar refractivity (Wildman–Crippen MR) is 78.7 cm³/mol. The van der Waals surface area contributed by atoms with Gasteiger partial charge >= 0.3 is 0 Å². The third-order valence-corrected chi connectivity index (χ3v) is 4.63. The molecule has 2 aromatic heterocycles. The van der Waals surface area contributed by atoms with Gasteiger partial charge in [-0.05, 0) is 24.5 Å². The standard InChI is InChI=1S/C13H20N4O2S/c1-9(2)6-10(7-14)17-20(18,19)12-8-16-13-11(12)4-3-5-15-13/h3-5,8-10,17H,6-7,14H2,1-2H3,(H,15,16). The Labute approximate surface area is 118 Å². The van der Waals surface area contributed by atoms with E-state index in [2.05, 4.69) is 14.7 Å². The first-order chi connectivity index (χ1) is 9.44. The topological polar surface area (TPSA) is 101 Å². The van der Waals surface area contributed by atoms with E-state index in [1.54, 1.807) is 18.3 Å². The smallest absolute Gasteiger partial charge is 0.243 e. The fourth-order valence-corrected chi connectivity index (χ4v) is 3.62. The van der Waals surface area contributed by atoms with Crippen LogP contribution in [0, 0.1) is 5.92 Å². The number of sulfonamides is 1. The molecule has 7 heteroatoms. The quantitative estimate of drug-likeness (QED) is 0.746. The molecule has 2 aromatic rings. The number of hydrogen-bond acceptors (Lipinski definition) is 4. The Morgan fingerprint density at radius 3 is 2.85 bits per heavy atom. The first kappa shape index (κ1) is 15.0. The molecular weight excluding hydrogens is 276 g/mol. The Bertz CT molecular complexity index is 678. The summed E-state index contributed by atoms with van der Waals surface area (Å²) < 4.78 is 27.6. The number of aromatic amines is 1. The minimum Gasteiger partial charge on any atom is -0.345 e. The van der Waals surface area contributed by atoms with Crippen LogP contribution in [0.5, 0.6) is 0 Å². The van der Waals surface area contributed by atoms with Crippen molar-refractivity contribution in [1.82, 2.24) is 14.7 Å². The number of rotatable bonds is 6. The number of aromatic nitrogens is 2. The van der Waals surface area contributed by atoms with Gasteiger partial charge < -0.3 is 10.7 Å². The number of H-pyrrole nitrogens is 1. The molecule has 2 rings (SSSR count). The van der Waals surface area contributed by atoms with Crippen molar-refractivity contribution in [2.24, 2.45) is 11.7 Å². The second-order valence-electron chi connectivity index (χ2n) is 5.24. The summed E-state index contributed by atoms with van der Waals surface area (Å²) in [6, 6.07) is 3.18. The molecule has 2 heterocycles. The van der Waals surface area contributed by atoms with Crippen LogP contribution in [0.2, 0.25) is 0 Å². The highest BCUT2D eigenvalue weighted by molar-refractivity contribution is 7.89. The molecule has 0 radical (unpaired) electrons. The fourth-order valence-electron chi connectivity index (χ4n) is 2.20. The second-order valence-corrected chi connectivity index (χ2v) is 6.92. The fraction of sp³-hybridized carbons (Fsp3) is 0.462. The van der Waals surface area contributed by atoms with Gasteiger partial charge in [0.25, 0.3) is 0 Å². The van der Waals surface area contributed by atoms with E-state index in [0.29, 0.717) is 23.4 Å². The van der Waals surface area contributed by atoms with Crippen LogP contribution in [0.4, 0.5) is 0 Å². The lowest BCUT2D eigenvalue weighted by atomic mass is 10.1. The van der Waals surface area contributed by atoms with Crippen LogP contribution < -0.4 is 10.5 Å². The lowest BCUT2D eigenvalue weighted by Crippen LogP contribution is -2.40. The van der Waals surface area contributed by atoms with Crippen LogP contribution in [0.15, 0.2) is 29.4 Å². The molecule has 0 amide bonds. The minimum absolute atomic E-state index is 0.211. The van der Waals surface area contributed by atoms with Crippen LogP contribution in [-0.2, 0) is 10.0 Å². The molecule has 20 heavy (non-hydrogen) atoms. The maximum atomic E-state index is 12.4. The molecule has 0 aliphatic heterocycles. The molecule has 0 aliphatic rings. The van der Waals surface area contributed by atoms with Crippen molar-refractivity contribution in [3.05, 3.63) is 24.5 Å². The first-order valence-electron chi connectivity index (χ1n) is 6.58. The maximum absolute atomic E-state index is 12.4. The van der Waals surface area contributed by atoms with Gasteiger partial charge in [0.2, 0.25) is 10.0 Å². The van der Waals surface area contributed by atoms with Crippen LogP contribution >= 0.6 is 0 Å². The number of nitrogens with zero attached hydrogens (tertiary/aromatic N) is 1. The molecule has 0 saturated carbocycles. The van der Waals surface area contributed by atoms with E-state index in [9.17, 15) is 8.42 Å². The molecule has 1 unspecified atom stereocenters. The number of nitrogens with two attached hydrogens (primary N) is 1. The van der Waals surface area contributed by atoms with Gasteiger partial charge in [-0.2, -0.15) is 0 Å². The highest BCUT2D eigenvalue weighted by Gasteiger charge is 2.23. The summed E-state index contributed by atoms with van der Waals surface area (Å²) in [7, 11) is -3.60. The SMILES string of the molecule is CC(C)CC(CN)NS(=O)(=O)c1c[nH]c2ncccc12. The summed E-state index contributed by atoms with van der Waals surface area (Å²) in [5.41, 5.74) is 6.20. The minimum atomic E-state index is -3.60. The highest BCUT2D eigenvalue weighted by Crippen LogP contribution is 2.21. The van der Waals surface area contributed by atoms with E-state index < -0.39 is 10.0 Å². The van der Waals surface area contributed by atoms with Gasteiger partial charge in [-0.25, -0.2) is 18.1 Å². The summed E-state index contributed by atoms with van der Waals surface area (Å²) in [5, 5.41) is 0.584. The van der Waals surface area contributed by atoms with Crippen molar-refractivity contribution < 1.29 is 8.42 Å². The summed E-state index contributed by atoms with van der Waals surface area (Å²) in [4.78, 5) is 7.17. The zero-order chi connectivity index (χ0) is 14.8. The Morgan fingerprint density at radius 1 is 1.45 bits per heavy atom. The van der Waals surface area contributed by atoms with Crippen LogP contribution in [0.3, 0.4) is 0 Å². The van der Waals surface area contributed by atoms with Gasteiger partial charge in [-0.1, -0.05) is 13.8 Å². The first-order valence-corrected chi connectivity index (χ1v) is 8.07. The molecule has 1 atom stereocenters. The van der Waals surface area contributed by atoms with Crippen LogP contribution in [0.1, 0.15) is 20.3 Å². The van der Waals surface area contributed by atoms with Crippen molar-refractivity contribution in [3.63, 3.8) is 0 Å². The van der Waals surface area contributed by atoms with Gasteiger partial charge in [-0.3, -0.25) is 0 Å². The van der Waals surface area contributed by atoms with Crippen molar-refractivity contribution in [2.75, 3.05) is 6.54 Å². The molecular formula is C13H20N4O2S. The molecule has 110 valence electrons. The monoisotopic (exact) mass is 296 g/mol. The summed E-state index contributed by atoms with van der Waals surface area (Å²) in [5.74, 6) is 0.371. The van der Waals surface area contributed by atoms with Crippen molar-refractivity contribution in [3.8, 4) is 0 Å². The van der Waals surface area contributed by atoms with Crippen molar-refractivity contribution in [2.45, 2.75) is 31.2 Å². The average Bonchev–Trinajstić information content (AvgIpc) is 2.81. The summed E-state index contributed by atoms with van der Waals surface area (Å²) in [6.07, 6.45) is 3.78. The molecule has 0 bridgehead atoms. The van der Waals surface area contributed by atoms with E-state index in [0.717, 1.165) is 0 Å². The largest absolute Gasteiger partial charge is 0.345 e. The molecule has 0 aliphatic carbocycles.